The van der Waals surface area contributed by atoms with Gasteiger partial charge >= 0.3 is 0 Å². The highest BCUT2D eigenvalue weighted by atomic mass is 32.1. The van der Waals surface area contributed by atoms with Crippen molar-refractivity contribution in [2.24, 2.45) is 5.92 Å². The Morgan fingerprint density at radius 3 is 2.85 bits per heavy atom. The topological polar surface area (TPSA) is 62.3 Å². The highest BCUT2D eigenvalue weighted by Gasteiger charge is 2.32. The summed E-state index contributed by atoms with van der Waals surface area (Å²) in [5, 5.41) is 5.89. The van der Waals surface area contributed by atoms with Crippen molar-refractivity contribution in [1.82, 2.24) is 15.2 Å². The number of carbonyl (C=O) groups is 2. The van der Waals surface area contributed by atoms with E-state index < -0.39 is 0 Å². The van der Waals surface area contributed by atoms with Gasteiger partial charge in [0.1, 0.15) is 5.01 Å². The number of thiazole rings is 1. The van der Waals surface area contributed by atoms with Crippen molar-refractivity contribution in [3.63, 3.8) is 0 Å². The first-order chi connectivity index (χ1) is 12.6. The molecule has 5 nitrogen and oxygen atoms in total. The van der Waals surface area contributed by atoms with E-state index in [4.69, 9.17) is 0 Å². The van der Waals surface area contributed by atoms with E-state index in [1.807, 2.05) is 28.5 Å². The van der Waals surface area contributed by atoms with E-state index in [0.29, 0.717) is 13.0 Å². The summed E-state index contributed by atoms with van der Waals surface area (Å²) in [6.07, 6.45) is 5.01. The Kier molecular flexibility index (Phi) is 6.39. The molecule has 1 N–H and O–H groups in total. The van der Waals surface area contributed by atoms with Gasteiger partial charge in [-0.1, -0.05) is 30.3 Å². The largest absolute Gasteiger partial charge is 0.347 e. The molecule has 1 fully saturated rings. The molecule has 0 bridgehead atoms. The van der Waals surface area contributed by atoms with Crippen LogP contribution in [-0.4, -0.2) is 34.8 Å². The van der Waals surface area contributed by atoms with E-state index in [1.165, 1.54) is 12.5 Å². The van der Waals surface area contributed by atoms with E-state index in [0.717, 1.165) is 30.8 Å². The maximum Gasteiger partial charge on any atom is 0.222 e. The van der Waals surface area contributed by atoms with Gasteiger partial charge in [-0.15, -0.1) is 11.3 Å². The Bertz CT molecular complexity index is 718. The van der Waals surface area contributed by atoms with Gasteiger partial charge in [0, 0.05) is 43.9 Å². The number of amides is 2. The average Bonchev–Trinajstić information content (AvgIpc) is 3.19. The van der Waals surface area contributed by atoms with E-state index in [-0.39, 0.29) is 23.8 Å². The van der Waals surface area contributed by atoms with Gasteiger partial charge in [-0.2, -0.15) is 0 Å². The van der Waals surface area contributed by atoms with Crippen LogP contribution in [0.15, 0.2) is 41.9 Å². The lowest BCUT2D eigenvalue weighted by Crippen LogP contribution is -2.45. The van der Waals surface area contributed by atoms with Crippen LogP contribution in [0.2, 0.25) is 0 Å². The summed E-state index contributed by atoms with van der Waals surface area (Å²) in [6, 6.07) is 9.99. The molecule has 2 atom stereocenters. The molecule has 6 heteroatoms. The zero-order chi connectivity index (χ0) is 18.4. The third-order valence-corrected chi connectivity index (χ3v) is 5.69. The molecule has 2 amide bonds. The van der Waals surface area contributed by atoms with Crippen LogP contribution in [-0.2, 0) is 16.0 Å². The predicted molar refractivity (Wildman–Crippen MR) is 103 cm³/mol. The van der Waals surface area contributed by atoms with Crippen molar-refractivity contribution in [3.05, 3.63) is 52.5 Å². The number of nitrogens with zero attached hydrogens (tertiary/aromatic N) is 2. The van der Waals surface area contributed by atoms with E-state index in [9.17, 15) is 9.59 Å². The molecule has 1 aliphatic heterocycles. The van der Waals surface area contributed by atoms with Crippen molar-refractivity contribution in [3.8, 4) is 0 Å². The molecule has 0 saturated carbocycles. The first-order valence-electron chi connectivity index (χ1n) is 9.11. The summed E-state index contributed by atoms with van der Waals surface area (Å²) < 4.78 is 0. The number of carbonyl (C=O) groups excluding carboxylic acids is 2. The minimum Gasteiger partial charge on any atom is -0.347 e. The molecule has 0 radical (unpaired) electrons. The monoisotopic (exact) mass is 371 g/mol. The van der Waals surface area contributed by atoms with Crippen LogP contribution in [0.1, 0.15) is 42.8 Å². The van der Waals surface area contributed by atoms with Crippen molar-refractivity contribution in [2.75, 3.05) is 13.1 Å². The molecule has 2 heterocycles. The van der Waals surface area contributed by atoms with Gasteiger partial charge in [-0.05, 0) is 24.8 Å². The van der Waals surface area contributed by atoms with E-state index in [2.05, 4.69) is 22.4 Å². The number of piperidine rings is 1. The predicted octanol–water partition coefficient (Wildman–Crippen LogP) is 3.19. The molecule has 0 spiro atoms. The Balaban J connectivity index is 1.61. The standard InChI is InChI=1S/C20H25N3O2S/c1-15(24)22-19(20-21-11-13-26-20)17-8-5-12-23(14-17)18(25)10-9-16-6-3-2-4-7-16/h2-4,6-7,11,13,17,19H,5,8-10,12,14H2,1H3,(H,22,24)/t17-,19+/m0/s1. The van der Waals surface area contributed by atoms with Gasteiger partial charge in [0.25, 0.3) is 0 Å². The summed E-state index contributed by atoms with van der Waals surface area (Å²) >= 11 is 1.55. The third-order valence-electron chi connectivity index (χ3n) is 4.83. The van der Waals surface area contributed by atoms with Crippen LogP contribution in [0.25, 0.3) is 0 Å². The van der Waals surface area contributed by atoms with Crippen LogP contribution in [0.3, 0.4) is 0 Å². The Labute approximate surface area is 158 Å². The summed E-state index contributed by atoms with van der Waals surface area (Å²) in [5.74, 6) is 0.344. The van der Waals surface area contributed by atoms with Crippen LogP contribution in [0.4, 0.5) is 0 Å². The Morgan fingerprint density at radius 1 is 1.35 bits per heavy atom. The van der Waals surface area contributed by atoms with Gasteiger partial charge < -0.3 is 10.2 Å². The van der Waals surface area contributed by atoms with Crippen molar-refractivity contribution < 1.29 is 9.59 Å². The van der Waals surface area contributed by atoms with Crippen molar-refractivity contribution in [2.45, 2.75) is 38.6 Å². The number of nitrogens with one attached hydrogen (secondary N) is 1. The summed E-state index contributed by atoms with van der Waals surface area (Å²) in [6.45, 7) is 3.01. The highest BCUT2D eigenvalue weighted by Crippen LogP contribution is 2.31. The molecule has 1 saturated heterocycles. The lowest BCUT2D eigenvalue weighted by Gasteiger charge is -2.36. The molecule has 0 aliphatic carbocycles. The second-order valence-corrected chi connectivity index (χ2v) is 7.70. The molecule has 0 unspecified atom stereocenters. The molecule has 3 rings (SSSR count). The molecular weight excluding hydrogens is 346 g/mol. The van der Waals surface area contributed by atoms with Gasteiger partial charge in [-0.3, -0.25) is 9.59 Å². The smallest absolute Gasteiger partial charge is 0.222 e. The normalized spacial score (nSPS) is 18.3. The third kappa shape index (κ3) is 4.91. The number of hydrogen-bond acceptors (Lipinski definition) is 4. The fourth-order valence-electron chi connectivity index (χ4n) is 3.55. The number of benzene rings is 1. The maximum absolute atomic E-state index is 12.7. The summed E-state index contributed by atoms with van der Waals surface area (Å²) in [5.41, 5.74) is 1.19. The van der Waals surface area contributed by atoms with E-state index in [1.54, 1.807) is 17.5 Å². The number of likely N-dealkylation sites (tertiary alicyclic amines) is 1. The van der Waals surface area contributed by atoms with Crippen LogP contribution in [0, 0.1) is 5.92 Å². The number of rotatable bonds is 6. The zero-order valence-electron chi connectivity index (χ0n) is 15.1. The zero-order valence-corrected chi connectivity index (χ0v) is 15.9. The molecular formula is C20H25N3O2S. The van der Waals surface area contributed by atoms with E-state index >= 15 is 0 Å². The maximum atomic E-state index is 12.7. The SMILES string of the molecule is CC(=O)N[C@@H](c1nccs1)[C@H]1CCCN(C(=O)CCc2ccccc2)C1. The van der Waals surface area contributed by atoms with Crippen molar-refractivity contribution >= 4 is 23.2 Å². The fourth-order valence-corrected chi connectivity index (χ4v) is 4.33. The molecule has 1 aliphatic rings. The first kappa shape index (κ1) is 18.6. The minimum absolute atomic E-state index is 0.0577. The minimum atomic E-state index is -0.114. The average molecular weight is 372 g/mol. The van der Waals surface area contributed by atoms with Crippen molar-refractivity contribution in [1.29, 1.82) is 0 Å². The number of aromatic nitrogens is 1. The quantitative estimate of drug-likeness (QED) is 0.848. The Morgan fingerprint density at radius 2 is 2.15 bits per heavy atom. The summed E-state index contributed by atoms with van der Waals surface area (Å²) in [4.78, 5) is 30.7. The second-order valence-electron chi connectivity index (χ2n) is 6.78. The number of hydrogen-bond donors (Lipinski definition) is 1. The highest BCUT2D eigenvalue weighted by molar-refractivity contribution is 7.09. The summed E-state index contributed by atoms with van der Waals surface area (Å²) in [7, 11) is 0. The Hall–Kier alpha value is -2.21. The first-order valence-corrected chi connectivity index (χ1v) is 9.99. The van der Waals surface area contributed by atoms with Gasteiger partial charge in [0.15, 0.2) is 0 Å². The van der Waals surface area contributed by atoms with Crippen LogP contribution >= 0.6 is 11.3 Å². The van der Waals surface area contributed by atoms with Gasteiger partial charge in [0.05, 0.1) is 6.04 Å². The van der Waals surface area contributed by atoms with Crippen LogP contribution in [0.5, 0.6) is 0 Å². The lowest BCUT2D eigenvalue weighted by molar-refractivity contribution is -0.133. The lowest BCUT2D eigenvalue weighted by atomic mass is 9.90. The molecule has 26 heavy (non-hydrogen) atoms. The molecule has 1 aromatic heterocycles. The molecule has 1 aromatic carbocycles. The van der Waals surface area contributed by atoms with Crippen LogP contribution < -0.4 is 5.32 Å². The van der Waals surface area contributed by atoms with Gasteiger partial charge in [-0.25, -0.2) is 4.98 Å². The number of aryl methyl sites for hydroxylation is 1. The fraction of sp³-hybridized carbons (Fsp3) is 0.450. The molecule has 2 aromatic rings. The molecule has 138 valence electrons. The van der Waals surface area contributed by atoms with Gasteiger partial charge in [0.2, 0.25) is 11.8 Å². The second kappa shape index (κ2) is 8.94.